The summed E-state index contributed by atoms with van der Waals surface area (Å²) in [6.45, 7) is 2.28. The van der Waals surface area contributed by atoms with Gasteiger partial charge in [-0.1, -0.05) is 11.6 Å². The first-order chi connectivity index (χ1) is 10.1. The molecule has 1 aromatic carbocycles. The van der Waals surface area contributed by atoms with Crippen LogP contribution >= 0.6 is 11.6 Å². The van der Waals surface area contributed by atoms with Gasteiger partial charge in [0.15, 0.2) is 0 Å². The number of aromatic nitrogens is 3. The summed E-state index contributed by atoms with van der Waals surface area (Å²) < 4.78 is 15.8. The third-order valence-electron chi connectivity index (χ3n) is 3.17. The molecule has 0 spiro atoms. The van der Waals surface area contributed by atoms with Crippen LogP contribution < -0.4 is 0 Å². The van der Waals surface area contributed by atoms with Crippen LogP contribution in [0.1, 0.15) is 11.3 Å². The number of halogens is 2. The quantitative estimate of drug-likeness (QED) is 0.729. The number of benzene rings is 1. The van der Waals surface area contributed by atoms with Gasteiger partial charge in [-0.05, 0) is 37.3 Å². The summed E-state index contributed by atoms with van der Waals surface area (Å²) in [5, 5.41) is 0.520. The average molecular weight is 302 g/mol. The fraction of sp³-hybridized carbons (Fsp3) is 0.125. The van der Waals surface area contributed by atoms with Gasteiger partial charge in [-0.25, -0.2) is 9.37 Å². The Balaban J connectivity index is 2.02. The highest BCUT2D eigenvalue weighted by Crippen LogP contribution is 2.21. The molecule has 2 aromatic heterocycles. The van der Waals surface area contributed by atoms with Crippen LogP contribution in [0.4, 0.5) is 4.39 Å². The van der Waals surface area contributed by atoms with Crippen molar-refractivity contribution in [1.29, 1.82) is 0 Å². The number of aryl methyl sites for hydroxylation is 1. The van der Waals surface area contributed by atoms with Crippen molar-refractivity contribution >= 4 is 11.6 Å². The molecule has 5 heteroatoms. The summed E-state index contributed by atoms with van der Waals surface area (Å²) in [5.74, 6) is 0.489. The van der Waals surface area contributed by atoms with E-state index in [1.54, 1.807) is 24.5 Å². The zero-order chi connectivity index (χ0) is 14.8. The molecular weight excluding hydrogens is 289 g/mol. The van der Waals surface area contributed by atoms with Crippen LogP contribution in [0.2, 0.25) is 5.02 Å². The molecule has 0 saturated carbocycles. The maximum atomic E-state index is 13.9. The fourth-order valence-corrected chi connectivity index (χ4v) is 2.44. The Kier molecular flexibility index (Phi) is 3.71. The van der Waals surface area contributed by atoms with E-state index >= 15 is 0 Å². The summed E-state index contributed by atoms with van der Waals surface area (Å²) in [4.78, 5) is 8.60. The van der Waals surface area contributed by atoms with Crippen molar-refractivity contribution in [2.45, 2.75) is 13.5 Å². The predicted octanol–water partition coefficient (Wildman–Crippen LogP) is 4.09. The van der Waals surface area contributed by atoms with Gasteiger partial charge in [0.05, 0.1) is 12.2 Å². The Morgan fingerprint density at radius 1 is 1.29 bits per heavy atom. The third kappa shape index (κ3) is 2.95. The van der Waals surface area contributed by atoms with Crippen LogP contribution in [0.25, 0.3) is 11.4 Å². The fourth-order valence-electron chi connectivity index (χ4n) is 2.24. The van der Waals surface area contributed by atoms with Crippen LogP contribution in [0, 0.1) is 12.7 Å². The first kappa shape index (κ1) is 13.8. The number of nitrogens with zero attached hydrogens (tertiary/aromatic N) is 3. The molecule has 3 aromatic rings. The van der Waals surface area contributed by atoms with Crippen LogP contribution in [-0.4, -0.2) is 14.5 Å². The number of imidazole rings is 1. The van der Waals surface area contributed by atoms with Crippen molar-refractivity contribution in [3.05, 3.63) is 71.0 Å². The summed E-state index contributed by atoms with van der Waals surface area (Å²) in [7, 11) is 0. The van der Waals surface area contributed by atoms with Gasteiger partial charge in [-0.15, -0.1) is 0 Å². The molecule has 0 radical (unpaired) electrons. The topological polar surface area (TPSA) is 30.7 Å². The highest BCUT2D eigenvalue weighted by Gasteiger charge is 2.11. The van der Waals surface area contributed by atoms with Crippen molar-refractivity contribution in [1.82, 2.24) is 14.5 Å². The van der Waals surface area contributed by atoms with Gasteiger partial charge in [-0.3, -0.25) is 4.98 Å². The minimum absolute atomic E-state index is 0.275. The van der Waals surface area contributed by atoms with Gasteiger partial charge in [-0.2, -0.15) is 0 Å². The first-order valence-corrected chi connectivity index (χ1v) is 6.89. The SMILES string of the molecule is Cc1cn(Cc2cc(Cl)ccc2F)c(-c2cccnc2)n1. The Morgan fingerprint density at radius 2 is 2.14 bits per heavy atom. The highest BCUT2D eigenvalue weighted by molar-refractivity contribution is 6.30. The van der Waals surface area contributed by atoms with Gasteiger partial charge < -0.3 is 4.57 Å². The van der Waals surface area contributed by atoms with Crippen LogP contribution in [-0.2, 0) is 6.54 Å². The van der Waals surface area contributed by atoms with Crippen LogP contribution in [0.3, 0.4) is 0 Å². The number of hydrogen-bond acceptors (Lipinski definition) is 2. The van der Waals surface area contributed by atoms with E-state index in [1.165, 1.54) is 6.07 Å². The molecule has 0 N–H and O–H groups in total. The maximum absolute atomic E-state index is 13.9. The van der Waals surface area contributed by atoms with Crippen LogP contribution in [0.5, 0.6) is 0 Å². The monoisotopic (exact) mass is 301 g/mol. The second kappa shape index (κ2) is 5.66. The summed E-state index contributed by atoms with van der Waals surface area (Å²) in [5.41, 5.74) is 2.30. The molecule has 0 atom stereocenters. The van der Waals surface area contributed by atoms with Gasteiger partial charge in [0, 0.05) is 34.7 Å². The van der Waals surface area contributed by atoms with Gasteiger partial charge in [0.2, 0.25) is 0 Å². The lowest BCUT2D eigenvalue weighted by molar-refractivity contribution is 0.600. The molecule has 0 bridgehead atoms. The van der Waals surface area contributed by atoms with Crippen molar-refractivity contribution < 1.29 is 4.39 Å². The van der Waals surface area contributed by atoms with E-state index in [0.29, 0.717) is 17.1 Å². The molecule has 2 heterocycles. The lowest BCUT2D eigenvalue weighted by Gasteiger charge is -2.09. The lowest BCUT2D eigenvalue weighted by atomic mass is 10.2. The standard InChI is InChI=1S/C16H13ClFN3/c1-11-9-21(10-13-7-14(17)4-5-15(13)18)16(20-11)12-3-2-6-19-8-12/h2-9H,10H2,1H3. The summed E-state index contributed by atoms with van der Waals surface area (Å²) in [6.07, 6.45) is 5.34. The minimum atomic E-state index is -0.275. The number of pyridine rings is 1. The highest BCUT2D eigenvalue weighted by atomic mass is 35.5. The number of rotatable bonds is 3. The van der Waals surface area contributed by atoms with Gasteiger partial charge in [0.1, 0.15) is 11.6 Å². The molecule has 3 nitrogen and oxygen atoms in total. The third-order valence-corrected chi connectivity index (χ3v) is 3.40. The molecule has 0 amide bonds. The largest absolute Gasteiger partial charge is 0.326 e. The smallest absolute Gasteiger partial charge is 0.142 e. The Morgan fingerprint density at radius 3 is 2.90 bits per heavy atom. The minimum Gasteiger partial charge on any atom is -0.326 e. The predicted molar refractivity (Wildman–Crippen MR) is 80.7 cm³/mol. The molecule has 0 saturated heterocycles. The molecular formula is C16H13ClFN3. The molecule has 106 valence electrons. The van der Waals surface area contributed by atoms with Crippen molar-refractivity contribution in [2.24, 2.45) is 0 Å². The van der Waals surface area contributed by atoms with Crippen molar-refractivity contribution in [2.75, 3.05) is 0 Å². The van der Waals surface area contributed by atoms with E-state index in [0.717, 1.165) is 17.1 Å². The Hall–Kier alpha value is -2.20. The van der Waals surface area contributed by atoms with E-state index in [1.807, 2.05) is 29.8 Å². The summed E-state index contributed by atoms with van der Waals surface area (Å²) in [6, 6.07) is 8.34. The maximum Gasteiger partial charge on any atom is 0.142 e. The lowest BCUT2D eigenvalue weighted by Crippen LogP contribution is -2.03. The summed E-state index contributed by atoms with van der Waals surface area (Å²) >= 11 is 5.94. The molecule has 0 aliphatic carbocycles. The van der Waals surface area contributed by atoms with E-state index in [9.17, 15) is 4.39 Å². The van der Waals surface area contributed by atoms with E-state index in [2.05, 4.69) is 9.97 Å². The zero-order valence-corrected chi connectivity index (χ0v) is 12.2. The van der Waals surface area contributed by atoms with E-state index in [4.69, 9.17) is 11.6 Å². The Labute approximate surface area is 127 Å². The molecule has 0 aliphatic rings. The van der Waals surface area contributed by atoms with E-state index in [-0.39, 0.29) is 5.82 Å². The number of hydrogen-bond donors (Lipinski definition) is 0. The van der Waals surface area contributed by atoms with Gasteiger partial charge in [0.25, 0.3) is 0 Å². The van der Waals surface area contributed by atoms with Crippen LogP contribution in [0.15, 0.2) is 48.9 Å². The second-order valence-electron chi connectivity index (χ2n) is 4.81. The zero-order valence-electron chi connectivity index (χ0n) is 11.4. The second-order valence-corrected chi connectivity index (χ2v) is 5.25. The van der Waals surface area contributed by atoms with Gasteiger partial charge >= 0.3 is 0 Å². The molecule has 0 fully saturated rings. The molecule has 21 heavy (non-hydrogen) atoms. The van der Waals surface area contributed by atoms with Crippen molar-refractivity contribution in [3.8, 4) is 11.4 Å². The Bertz CT molecular complexity index is 768. The first-order valence-electron chi connectivity index (χ1n) is 6.51. The molecule has 3 rings (SSSR count). The average Bonchev–Trinajstić information content (AvgIpc) is 2.85. The molecule has 0 aliphatic heterocycles. The van der Waals surface area contributed by atoms with Crippen molar-refractivity contribution in [3.63, 3.8) is 0 Å². The van der Waals surface area contributed by atoms with E-state index < -0.39 is 0 Å². The molecule has 0 unspecified atom stereocenters. The normalized spacial score (nSPS) is 10.8.